The standard InChI is InChI=1S/C15H29N3O2S/c1-11(2)14-13(9-16-7-8-19-5)21-15(17-14)18(4)12(3)10-20-6/h11-12,16H,7-10H2,1-6H3. The lowest BCUT2D eigenvalue weighted by Crippen LogP contribution is -2.32. The summed E-state index contributed by atoms with van der Waals surface area (Å²) < 4.78 is 10.3. The van der Waals surface area contributed by atoms with E-state index in [1.54, 1.807) is 25.6 Å². The minimum absolute atomic E-state index is 0.315. The van der Waals surface area contributed by atoms with Crippen LogP contribution in [0.2, 0.25) is 0 Å². The maximum Gasteiger partial charge on any atom is 0.185 e. The largest absolute Gasteiger partial charge is 0.383 e. The van der Waals surface area contributed by atoms with E-state index in [4.69, 9.17) is 14.5 Å². The number of nitrogens with one attached hydrogen (secondary N) is 1. The number of aromatic nitrogens is 1. The highest BCUT2D eigenvalue weighted by molar-refractivity contribution is 7.15. The topological polar surface area (TPSA) is 46.6 Å². The van der Waals surface area contributed by atoms with Gasteiger partial charge in [-0.2, -0.15) is 0 Å². The highest BCUT2D eigenvalue weighted by Crippen LogP contribution is 2.31. The molecule has 0 saturated carbocycles. The number of likely N-dealkylation sites (N-methyl/N-ethyl adjacent to an activating group) is 1. The van der Waals surface area contributed by atoms with Gasteiger partial charge in [-0.25, -0.2) is 4.98 Å². The average molecular weight is 315 g/mol. The predicted octanol–water partition coefficient (Wildman–Crippen LogP) is 2.47. The molecule has 1 aromatic heterocycles. The molecule has 0 aliphatic rings. The number of nitrogens with zero attached hydrogens (tertiary/aromatic N) is 2. The first-order valence-electron chi connectivity index (χ1n) is 7.42. The summed E-state index contributed by atoms with van der Waals surface area (Å²) >= 11 is 1.76. The van der Waals surface area contributed by atoms with E-state index in [1.165, 1.54) is 10.6 Å². The van der Waals surface area contributed by atoms with Gasteiger partial charge in [-0.15, -0.1) is 11.3 Å². The zero-order valence-corrected chi connectivity index (χ0v) is 14.9. The highest BCUT2D eigenvalue weighted by Gasteiger charge is 2.19. The van der Waals surface area contributed by atoms with E-state index in [-0.39, 0.29) is 0 Å². The Bertz CT molecular complexity index is 410. The fourth-order valence-electron chi connectivity index (χ4n) is 2.00. The lowest BCUT2D eigenvalue weighted by atomic mass is 10.1. The van der Waals surface area contributed by atoms with Crippen molar-refractivity contribution in [1.82, 2.24) is 10.3 Å². The van der Waals surface area contributed by atoms with Gasteiger partial charge in [0.25, 0.3) is 0 Å². The fraction of sp³-hybridized carbons (Fsp3) is 0.800. The summed E-state index contributed by atoms with van der Waals surface area (Å²) in [7, 11) is 5.53. The molecule has 0 bridgehead atoms. The SMILES string of the molecule is COCCNCc1sc(N(C)C(C)COC)nc1C(C)C. The highest BCUT2D eigenvalue weighted by atomic mass is 32.1. The summed E-state index contributed by atoms with van der Waals surface area (Å²) in [6, 6.07) is 0.315. The first-order chi connectivity index (χ1) is 10.0. The summed E-state index contributed by atoms with van der Waals surface area (Å²) in [6.45, 7) is 9.67. The van der Waals surface area contributed by atoms with Crippen molar-refractivity contribution >= 4 is 16.5 Å². The first kappa shape index (κ1) is 18.4. The van der Waals surface area contributed by atoms with Crippen molar-refractivity contribution in [3.05, 3.63) is 10.6 Å². The van der Waals surface area contributed by atoms with Crippen LogP contribution in [0.5, 0.6) is 0 Å². The van der Waals surface area contributed by atoms with Gasteiger partial charge in [0.15, 0.2) is 5.13 Å². The predicted molar refractivity (Wildman–Crippen MR) is 89.5 cm³/mol. The normalized spacial score (nSPS) is 12.9. The molecular formula is C15H29N3O2S. The number of ether oxygens (including phenoxy) is 2. The third-order valence-electron chi connectivity index (χ3n) is 3.40. The first-order valence-corrected chi connectivity index (χ1v) is 8.23. The average Bonchev–Trinajstić information content (AvgIpc) is 2.87. The number of hydrogen-bond acceptors (Lipinski definition) is 6. The quantitative estimate of drug-likeness (QED) is 0.672. The van der Waals surface area contributed by atoms with Crippen LogP contribution in [-0.4, -0.2) is 52.1 Å². The van der Waals surface area contributed by atoms with Gasteiger partial charge < -0.3 is 19.7 Å². The van der Waals surface area contributed by atoms with Gasteiger partial charge in [0.1, 0.15) is 0 Å². The molecule has 1 atom stereocenters. The van der Waals surface area contributed by atoms with Crippen molar-refractivity contribution in [3.8, 4) is 0 Å². The van der Waals surface area contributed by atoms with Gasteiger partial charge in [0.05, 0.1) is 24.9 Å². The van der Waals surface area contributed by atoms with Gasteiger partial charge in [-0.1, -0.05) is 13.8 Å². The van der Waals surface area contributed by atoms with Crippen molar-refractivity contribution in [2.75, 3.05) is 45.9 Å². The van der Waals surface area contributed by atoms with Crippen LogP contribution in [0.25, 0.3) is 0 Å². The van der Waals surface area contributed by atoms with Crippen LogP contribution in [0.3, 0.4) is 0 Å². The molecule has 0 radical (unpaired) electrons. The molecular weight excluding hydrogens is 286 g/mol. The molecule has 0 saturated heterocycles. The molecule has 1 heterocycles. The van der Waals surface area contributed by atoms with Crippen LogP contribution in [-0.2, 0) is 16.0 Å². The molecule has 0 aliphatic carbocycles. The molecule has 0 spiro atoms. The van der Waals surface area contributed by atoms with Crippen molar-refractivity contribution in [3.63, 3.8) is 0 Å². The van der Waals surface area contributed by atoms with E-state index in [2.05, 4.69) is 38.0 Å². The third kappa shape index (κ3) is 5.54. The Labute approximate surface area is 132 Å². The molecule has 0 aliphatic heterocycles. The monoisotopic (exact) mass is 315 g/mol. The summed E-state index contributed by atoms with van der Waals surface area (Å²) in [6.07, 6.45) is 0. The van der Waals surface area contributed by atoms with Crippen LogP contribution in [0.1, 0.15) is 37.3 Å². The molecule has 122 valence electrons. The summed E-state index contributed by atoms with van der Waals surface area (Å²) in [4.78, 5) is 8.34. The van der Waals surface area contributed by atoms with E-state index in [9.17, 15) is 0 Å². The lowest BCUT2D eigenvalue weighted by Gasteiger charge is -2.23. The van der Waals surface area contributed by atoms with E-state index in [1.807, 2.05) is 0 Å². The number of methoxy groups -OCH3 is 2. The molecule has 1 unspecified atom stereocenters. The van der Waals surface area contributed by atoms with Crippen molar-refractivity contribution in [1.29, 1.82) is 0 Å². The molecule has 6 heteroatoms. The molecule has 0 amide bonds. The Morgan fingerprint density at radius 2 is 1.95 bits per heavy atom. The second-order valence-corrected chi connectivity index (χ2v) is 6.61. The Morgan fingerprint density at radius 1 is 1.24 bits per heavy atom. The van der Waals surface area contributed by atoms with Crippen molar-refractivity contribution in [2.24, 2.45) is 0 Å². The summed E-state index contributed by atoms with van der Waals surface area (Å²) in [5, 5.41) is 4.47. The molecule has 1 N–H and O–H groups in total. The zero-order chi connectivity index (χ0) is 15.8. The molecule has 1 rings (SSSR count). The number of rotatable bonds is 10. The van der Waals surface area contributed by atoms with Gasteiger partial charge >= 0.3 is 0 Å². The second kappa shape index (κ2) is 9.35. The maximum atomic E-state index is 5.23. The minimum atomic E-state index is 0.315. The summed E-state index contributed by atoms with van der Waals surface area (Å²) in [5.41, 5.74) is 1.19. The number of thiazole rings is 1. The van der Waals surface area contributed by atoms with Crippen LogP contribution < -0.4 is 10.2 Å². The summed E-state index contributed by atoms with van der Waals surface area (Å²) in [5.74, 6) is 0.431. The lowest BCUT2D eigenvalue weighted by molar-refractivity contribution is 0.183. The van der Waals surface area contributed by atoms with Crippen molar-refractivity contribution in [2.45, 2.75) is 39.3 Å². The third-order valence-corrected chi connectivity index (χ3v) is 4.56. The smallest absolute Gasteiger partial charge is 0.185 e. The molecule has 21 heavy (non-hydrogen) atoms. The molecule has 5 nitrogen and oxygen atoms in total. The van der Waals surface area contributed by atoms with Crippen molar-refractivity contribution < 1.29 is 9.47 Å². The van der Waals surface area contributed by atoms with E-state index in [0.29, 0.717) is 18.6 Å². The van der Waals surface area contributed by atoms with E-state index >= 15 is 0 Å². The number of hydrogen-bond donors (Lipinski definition) is 1. The van der Waals surface area contributed by atoms with Crippen LogP contribution in [0.15, 0.2) is 0 Å². The van der Waals surface area contributed by atoms with E-state index in [0.717, 1.165) is 24.8 Å². The van der Waals surface area contributed by atoms with Crippen LogP contribution in [0.4, 0.5) is 5.13 Å². The van der Waals surface area contributed by atoms with Gasteiger partial charge in [0, 0.05) is 39.2 Å². The Balaban J connectivity index is 2.78. The Kier molecular flexibility index (Phi) is 8.18. The molecule has 1 aromatic rings. The second-order valence-electron chi connectivity index (χ2n) is 5.54. The Morgan fingerprint density at radius 3 is 2.52 bits per heavy atom. The van der Waals surface area contributed by atoms with E-state index < -0.39 is 0 Å². The minimum Gasteiger partial charge on any atom is -0.383 e. The van der Waals surface area contributed by atoms with Gasteiger partial charge in [-0.3, -0.25) is 0 Å². The van der Waals surface area contributed by atoms with Crippen LogP contribution >= 0.6 is 11.3 Å². The number of anilines is 1. The maximum absolute atomic E-state index is 5.23. The van der Waals surface area contributed by atoms with Gasteiger partial charge in [-0.05, 0) is 12.8 Å². The van der Waals surface area contributed by atoms with Gasteiger partial charge in [0.2, 0.25) is 0 Å². The van der Waals surface area contributed by atoms with Crippen LogP contribution in [0, 0.1) is 0 Å². The fourth-order valence-corrected chi connectivity index (χ4v) is 3.25. The molecule has 0 fully saturated rings. The molecule has 0 aromatic carbocycles. The Hall–Kier alpha value is -0.690. The zero-order valence-electron chi connectivity index (χ0n) is 14.1.